The molecule has 3 N–H and O–H groups in total. The van der Waals surface area contributed by atoms with Gasteiger partial charge in [-0.15, -0.1) is 5.10 Å². The molecule has 0 bridgehead atoms. The zero-order valence-corrected chi connectivity index (χ0v) is 12.9. The van der Waals surface area contributed by atoms with Crippen molar-refractivity contribution < 1.29 is 9.18 Å². The molecule has 1 heterocycles. The Morgan fingerprint density at radius 1 is 1.48 bits per heavy atom. The van der Waals surface area contributed by atoms with Crippen LogP contribution in [0.3, 0.4) is 0 Å². The molecule has 3 rings (SSSR count). The fourth-order valence-corrected chi connectivity index (χ4v) is 2.98. The number of nitrogens with one attached hydrogen (secondary N) is 1. The molecule has 1 fully saturated rings. The van der Waals surface area contributed by atoms with E-state index in [0.29, 0.717) is 17.9 Å². The van der Waals surface area contributed by atoms with Crippen LogP contribution in [0.1, 0.15) is 31.5 Å². The van der Waals surface area contributed by atoms with E-state index in [1.807, 2.05) is 0 Å². The minimum Gasteiger partial charge on any atom is -0.327 e. The number of hydrogen-bond acceptors (Lipinski definition) is 5. The van der Waals surface area contributed by atoms with E-state index < -0.39 is 5.82 Å². The second kappa shape index (κ2) is 6.41. The molecular weight excluding hydrogens is 299 g/mol. The van der Waals surface area contributed by atoms with Gasteiger partial charge in [0.25, 0.3) is 0 Å². The summed E-state index contributed by atoms with van der Waals surface area (Å²) in [6, 6.07) is 4.41. The first kappa shape index (κ1) is 15.5. The van der Waals surface area contributed by atoms with Gasteiger partial charge in [0.15, 0.2) is 5.82 Å². The van der Waals surface area contributed by atoms with Crippen molar-refractivity contribution in [1.29, 1.82) is 0 Å². The summed E-state index contributed by atoms with van der Waals surface area (Å²) in [4.78, 5) is 12.2. The van der Waals surface area contributed by atoms with Crippen LogP contribution in [-0.4, -0.2) is 32.2 Å². The van der Waals surface area contributed by atoms with Gasteiger partial charge in [-0.1, -0.05) is 6.42 Å². The molecule has 1 aromatic carbocycles. The molecule has 1 aliphatic carbocycles. The van der Waals surface area contributed by atoms with Crippen molar-refractivity contribution in [3.8, 4) is 5.69 Å². The van der Waals surface area contributed by atoms with Crippen molar-refractivity contribution in [3.05, 3.63) is 29.8 Å². The van der Waals surface area contributed by atoms with E-state index >= 15 is 0 Å². The molecular formula is C15H19FN6O. The summed E-state index contributed by atoms with van der Waals surface area (Å²) in [7, 11) is 0. The topological polar surface area (TPSA) is 98.7 Å². The number of amides is 1. The van der Waals surface area contributed by atoms with E-state index in [2.05, 4.69) is 20.8 Å². The maximum atomic E-state index is 14.0. The van der Waals surface area contributed by atoms with Crippen LogP contribution in [0, 0.1) is 18.7 Å². The van der Waals surface area contributed by atoms with Gasteiger partial charge in [-0.2, -0.15) is 4.68 Å². The summed E-state index contributed by atoms with van der Waals surface area (Å²) in [6.07, 6.45) is 3.40. The molecule has 0 radical (unpaired) electrons. The normalized spacial score (nSPS) is 20.7. The molecule has 8 heteroatoms. The first-order valence-corrected chi connectivity index (χ1v) is 7.65. The minimum atomic E-state index is -0.462. The summed E-state index contributed by atoms with van der Waals surface area (Å²) in [5, 5.41) is 13.8. The largest absolute Gasteiger partial charge is 0.327 e. The standard InChI is InChI=1S/C15H19FN6O/c1-9-19-20-21-22(9)14-8-11(5-6-12(14)16)18-15(23)7-10-3-2-4-13(10)17/h5-6,8,10,13H,2-4,7,17H2,1H3,(H,18,23)/t10-,13+/m0/s1. The molecule has 1 amide bonds. The highest BCUT2D eigenvalue weighted by Gasteiger charge is 2.26. The maximum absolute atomic E-state index is 14.0. The van der Waals surface area contributed by atoms with E-state index in [0.717, 1.165) is 19.3 Å². The third-order valence-corrected chi connectivity index (χ3v) is 4.25. The Kier molecular flexibility index (Phi) is 4.33. The zero-order chi connectivity index (χ0) is 16.4. The monoisotopic (exact) mass is 318 g/mol. The number of anilines is 1. The molecule has 0 spiro atoms. The highest BCUT2D eigenvalue weighted by Crippen LogP contribution is 2.27. The fourth-order valence-electron chi connectivity index (χ4n) is 2.98. The first-order chi connectivity index (χ1) is 11.0. The summed E-state index contributed by atoms with van der Waals surface area (Å²) >= 11 is 0. The molecule has 0 unspecified atom stereocenters. The van der Waals surface area contributed by atoms with Crippen molar-refractivity contribution in [2.45, 2.75) is 38.6 Å². The van der Waals surface area contributed by atoms with Crippen LogP contribution in [0.4, 0.5) is 10.1 Å². The Morgan fingerprint density at radius 3 is 2.96 bits per heavy atom. The Balaban J connectivity index is 1.73. The third kappa shape index (κ3) is 3.37. The van der Waals surface area contributed by atoms with E-state index in [9.17, 15) is 9.18 Å². The lowest BCUT2D eigenvalue weighted by Crippen LogP contribution is -2.28. The number of aromatic nitrogens is 4. The summed E-state index contributed by atoms with van der Waals surface area (Å²) in [5.41, 5.74) is 6.69. The van der Waals surface area contributed by atoms with Crippen molar-refractivity contribution in [2.24, 2.45) is 11.7 Å². The Hall–Kier alpha value is -2.35. The molecule has 7 nitrogen and oxygen atoms in total. The van der Waals surface area contributed by atoms with E-state index in [4.69, 9.17) is 5.73 Å². The average molecular weight is 318 g/mol. The van der Waals surface area contributed by atoms with Crippen LogP contribution in [0.2, 0.25) is 0 Å². The molecule has 122 valence electrons. The van der Waals surface area contributed by atoms with Crippen molar-refractivity contribution in [2.75, 3.05) is 5.32 Å². The second-order valence-electron chi connectivity index (χ2n) is 5.91. The van der Waals surface area contributed by atoms with Gasteiger partial charge >= 0.3 is 0 Å². The van der Waals surface area contributed by atoms with Crippen LogP contribution in [0.15, 0.2) is 18.2 Å². The lowest BCUT2D eigenvalue weighted by atomic mass is 10.00. The molecule has 1 aromatic heterocycles. The molecule has 2 aromatic rings. The second-order valence-corrected chi connectivity index (χ2v) is 5.91. The molecule has 23 heavy (non-hydrogen) atoms. The number of tetrazole rings is 1. The van der Waals surface area contributed by atoms with Crippen molar-refractivity contribution in [3.63, 3.8) is 0 Å². The van der Waals surface area contributed by atoms with Crippen LogP contribution in [0.25, 0.3) is 5.69 Å². The predicted octanol–water partition coefficient (Wildman–Crippen LogP) is 1.57. The smallest absolute Gasteiger partial charge is 0.224 e. The van der Waals surface area contributed by atoms with E-state index in [-0.39, 0.29) is 23.6 Å². The zero-order valence-electron chi connectivity index (χ0n) is 12.9. The summed E-state index contributed by atoms with van der Waals surface area (Å²) in [6.45, 7) is 1.67. The quantitative estimate of drug-likeness (QED) is 0.891. The number of rotatable bonds is 4. The SMILES string of the molecule is Cc1nnnn1-c1cc(NC(=O)C[C@@H]2CCC[C@H]2N)ccc1F. The van der Waals surface area contributed by atoms with Crippen LogP contribution >= 0.6 is 0 Å². The van der Waals surface area contributed by atoms with Gasteiger partial charge in [-0.05, 0) is 54.3 Å². The minimum absolute atomic E-state index is 0.0911. The Labute approximate surface area is 133 Å². The number of nitrogens with zero attached hydrogens (tertiary/aromatic N) is 4. The fraction of sp³-hybridized carbons (Fsp3) is 0.467. The van der Waals surface area contributed by atoms with Gasteiger partial charge in [-0.3, -0.25) is 4.79 Å². The van der Waals surface area contributed by atoms with Crippen LogP contribution in [-0.2, 0) is 4.79 Å². The average Bonchev–Trinajstić information content (AvgIpc) is 3.10. The lowest BCUT2D eigenvalue weighted by molar-refractivity contribution is -0.117. The number of aryl methyl sites for hydroxylation is 1. The van der Waals surface area contributed by atoms with Crippen LogP contribution < -0.4 is 11.1 Å². The number of hydrogen-bond donors (Lipinski definition) is 2. The molecule has 1 saturated carbocycles. The van der Waals surface area contributed by atoms with E-state index in [1.165, 1.54) is 22.9 Å². The number of carbonyl (C=O) groups excluding carboxylic acids is 1. The van der Waals surface area contributed by atoms with Crippen LogP contribution in [0.5, 0.6) is 0 Å². The van der Waals surface area contributed by atoms with Gasteiger partial charge in [0.1, 0.15) is 11.5 Å². The lowest BCUT2D eigenvalue weighted by Gasteiger charge is -2.15. The Morgan fingerprint density at radius 2 is 2.30 bits per heavy atom. The maximum Gasteiger partial charge on any atom is 0.224 e. The molecule has 0 saturated heterocycles. The Bertz CT molecular complexity index is 716. The van der Waals surface area contributed by atoms with Gasteiger partial charge < -0.3 is 11.1 Å². The number of halogens is 1. The van der Waals surface area contributed by atoms with Gasteiger partial charge in [0.2, 0.25) is 5.91 Å². The summed E-state index contributed by atoms with van der Waals surface area (Å²) < 4.78 is 15.3. The number of carbonyl (C=O) groups is 1. The van der Waals surface area contributed by atoms with Crippen molar-refractivity contribution in [1.82, 2.24) is 20.2 Å². The molecule has 0 aliphatic heterocycles. The van der Waals surface area contributed by atoms with Crippen molar-refractivity contribution >= 4 is 11.6 Å². The first-order valence-electron chi connectivity index (χ1n) is 7.65. The highest BCUT2D eigenvalue weighted by molar-refractivity contribution is 5.91. The summed E-state index contributed by atoms with van der Waals surface area (Å²) in [5.74, 6) is 0.107. The highest BCUT2D eigenvalue weighted by atomic mass is 19.1. The molecule has 2 atom stereocenters. The molecule has 1 aliphatic rings. The van der Waals surface area contributed by atoms with E-state index in [1.54, 1.807) is 6.92 Å². The number of benzene rings is 1. The third-order valence-electron chi connectivity index (χ3n) is 4.25. The van der Waals surface area contributed by atoms with Gasteiger partial charge in [-0.25, -0.2) is 4.39 Å². The predicted molar refractivity (Wildman–Crippen MR) is 82.4 cm³/mol. The van der Waals surface area contributed by atoms with Gasteiger partial charge in [0, 0.05) is 18.2 Å². The number of nitrogens with two attached hydrogens (primary N) is 1. The van der Waals surface area contributed by atoms with Gasteiger partial charge in [0.05, 0.1) is 0 Å².